The number of hydrogen-bond acceptors (Lipinski definition) is 2. The molecule has 3 unspecified atom stereocenters. The van der Waals surface area contributed by atoms with E-state index < -0.39 is 0 Å². The van der Waals surface area contributed by atoms with E-state index in [1.807, 2.05) is 0 Å². The van der Waals surface area contributed by atoms with Crippen LogP contribution in [0.1, 0.15) is 40.5 Å². The predicted molar refractivity (Wildman–Crippen MR) is 59.3 cm³/mol. The molecule has 14 heavy (non-hydrogen) atoms. The molecular weight excluding hydrogens is 174 g/mol. The summed E-state index contributed by atoms with van der Waals surface area (Å²) in [5.74, 6) is 1.86. The number of piperidine rings is 1. The van der Waals surface area contributed by atoms with Gasteiger partial charge in [0.25, 0.3) is 0 Å². The van der Waals surface area contributed by atoms with E-state index in [-0.39, 0.29) is 0 Å². The predicted octanol–water partition coefficient (Wildman–Crippen LogP) is 2.33. The molecule has 0 aromatic heterocycles. The summed E-state index contributed by atoms with van der Waals surface area (Å²) in [6.07, 6.45) is 2.04. The maximum Gasteiger partial charge on any atom is 0.131 e. The second kappa shape index (κ2) is 4.92. The standard InChI is InChI=1S/C12H23NO/c1-9-7-10(2)12(4)13(8-9)6-5-11(3)14/h9-10,12H,5-8H2,1-4H3. The summed E-state index contributed by atoms with van der Waals surface area (Å²) in [6.45, 7) is 10.7. The molecule has 1 fully saturated rings. The third kappa shape index (κ3) is 3.09. The zero-order chi connectivity index (χ0) is 10.7. The van der Waals surface area contributed by atoms with Crippen molar-refractivity contribution in [3.8, 4) is 0 Å². The molecule has 1 aliphatic heterocycles. The lowest BCUT2D eigenvalue weighted by Gasteiger charge is -2.41. The Bertz CT molecular complexity index is 202. The van der Waals surface area contributed by atoms with Crippen LogP contribution in [0.25, 0.3) is 0 Å². The molecule has 0 radical (unpaired) electrons. The highest BCUT2D eigenvalue weighted by Crippen LogP contribution is 2.26. The fourth-order valence-corrected chi connectivity index (χ4v) is 2.43. The molecule has 1 rings (SSSR count). The van der Waals surface area contributed by atoms with Gasteiger partial charge in [0.1, 0.15) is 5.78 Å². The van der Waals surface area contributed by atoms with Crippen LogP contribution in [0.15, 0.2) is 0 Å². The van der Waals surface area contributed by atoms with Crippen LogP contribution >= 0.6 is 0 Å². The van der Waals surface area contributed by atoms with Gasteiger partial charge >= 0.3 is 0 Å². The van der Waals surface area contributed by atoms with Gasteiger partial charge < -0.3 is 0 Å². The number of carbonyl (C=O) groups excluding carboxylic acids is 1. The van der Waals surface area contributed by atoms with Crippen LogP contribution in [-0.4, -0.2) is 29.8 Å². The van der Waals surface area contributed by atoms with E-state index in [9.17, 15) is 4.79 Å². The monoisotopic (exact) mass is 197 g/mol. The lowest BCUT2D eigenvalue weighted by Crippen LogP contribution is -2.46. The summed E-state index contributed by atoms with van der Waals surface area (Å²) < 4.78 is 0. The average Bonchev–Trinajstić information content (AvgIpc) is 2.08. The van der Waals surface area contributed by atoms with E-state index in [2.05, 4.69) is 25.7 Å². The van der Waals surface area contributed by atoms with E-state index in [1.54, 1.807) is 6.92 Å². The van der Waals surface area contributed by atoms with Crippen LogP contribution in [0, 0.1) is 11.8 Å². The Labute approximate surface area is 87.7 Å². The molecule has 82 valence electrons. The fourth-order valence-electron chi connectivity index (χ4n) is 2.43. The number of hydrogen-bond donors (Lipinski definition) is 0. The van der Waals surface area contributed by atoms with Gasteiger partial charge in [0.2, 0.25) is 0 Å². The normalized spacial score (nSPS) is 34.4. The largest absolute Gasteiger partial charge is 0.300 e. The second-order valence-corrected chi connectivity index (χ2v) is 5.01. The summed E-state index contributed by atoms with van der Waals surface area (Å²) in [4.78, 5) is 13.4. The van der Waals surface area contributed by atoms with Crippen molar-refractivity contribution in [1.29, 1.82) is 0 Å². The van der Waals surface area contributed by atoms with Crippen molar-refractivity contribution in [2.24, 2.45) is 11.8 Å². The maximum absolute atomic E-state index is 10.9. The molecule has 0 aromatic rings. The molecule has 2 nitrogen and oxygen atoms in total. The minimum atomic E-state index is 0.308. The molecule has 0 amide bonds. The van der Waals surface area contributed by atoms with Crippen molar-refractivity contribution in [3.05, 3.63) is 0 Å². The second-order valence-electron chi connectivity index (χ2n) is 5.01. The molecule has 0 saturated carbocycles. The van der Waals surface area contributed by atoms with Crippen molar-refractivity contribution in [2.75, 3.05) is 13.1 Å². The van der Waals surface area contributed by atoms with Gasteiger partial charge in [0, 0.05) is 25.6 Å². The van der Waals surface area contributed by atoms with E-state index in [1.165, 1.54) is 13.0 Å². The zero-order valence-electron chi connectivity index (χ0n) is 9.92. The molecule has 0 aromatic carbocycles. The number of nitrogens with zero attached hydrogens (tertiary/aromatic N) is 1. The molecule has 2 heteroatoms. The zero-order valence-corrected chi connectivity index (χ0v) is 9.92. The lowest BCUT2D eigenvalue weighted by molar-refractivity contribution is -0.117. The van der Waals surface area contributed by atoms with Gasteiger partial charge in [-0.05, 0) is 32.1 Å². The number of Topliss-reactive ketones (excluding diaryl/α,β-unsaturated/α-hetero) is 1. The number of rotatable bonds is 3. The third-order valence-corrected chi connectivity index (χ3v) is 3.47. The Morgan fingerprint density at radius 2 is 2.00 bits per heavy atom. The molecule has 0 bridgehead atoms. The highest BCUT2D eigenvalue weighted by atomic mass is 16.1. The van der Waals surface area contributed by atoms with Gasteiger partial charge in [-0.1, -0.05) is 13.8 Å². The molecule has 0 N–H and O–H groups in total. The molecule has 3 atom stereocenters. The first-order chi connectivity index (χ1) is 6.50. The molecule has 1 heterocycles. The Kier molecular flexibility index (Phi) is 4.11. The summed E-state index contributed by atoms with van der Waals surface area (Å²) in [7, 11) is 0. The van der Waals surface area contributed by atoms with Gasteiger partial charge in [0.15, 0.2) is 0 Å². The Morgan fingerprint density at radius 3 is 2.57 bits per heavy atom. The van der Waals surface area contributed by atoms with Crippen LogP contribution in [-0.2, 0) is 4.79 Å². The van der Waals surface area contributed by atoms with Crippen molar-refractivity contribution in [3.63, 3.8) is 0 Å². The summed E-state index contributed by atoms with van der Waals surface area (Å²) in [6, 6.07) is 0.644. The van der Waals surface area contributed by atoms with Gasteiger partial charge in [0.05, 0.1) is 0 Å². The van der Waals surface area contributed by atoms with E-state index in [0.29, 0.717) is 18.2 Å². The highest BCUT2D eigenvalue weighted by molar-refractivity contribution is 5.75. The van der Waals surface area contributed by atoms with Gasteiger partial charge in [-0.2, -0.15) is 0 Å². The summed E-state index contributed by atoms with van der Waals surface area (Å²) in [5, 5.41) is 0. The van der Waals surface area contributed by atoms with E-state index >= 15 is 0 Å². The third-order valence-electron chi connectivity index (χ3n) is 3.47. The number of ketones is 1. The van der Waals surface area contributed by atoms with Crippen LogP contribution < -0.4 is 0 Å². The Hall–Kier alpha value is -0.370. The first-order valence-electron chi connectivity index (χ1n) is 5.74. The topological polar surface area (TPSA) is 20.3 Å². The van der Waals surface area contributed by atoms with Crippen LogP contribution in [0.5, 0.6) is 0 Å². The van der Waals surface area contributed by atoms with Gasteiger partial charge in [-0.3, -0.25) is 9.69 Å². The van der Waals surface area contributed by atoms with Crippen molar-refractivity contribution < 1.29 is 4.79 Å². The Balaban J connectivity index is 2.45. The van der Waals surface area contributed by atoms with E-state index in [4.69, 9.17) is 0 Å². The molecule has 0 aliphatic carbocycles. The maximum atomic E-state index is 10.9. The van der Waals surface area contributed by atoms with Gasteiger partial charge in [-0.15, -0.1) is 0 Å². The number of likely N-dealkylation sites (tertiary alicyclic amines) is 1. The molecular formula is C12H23NO. The molecule has 0 spiro atoms. The molecule has 1 saturated heterocycles. The van der Waals surface area contributed by atoms with Crippen molar-refractivity contribution in [2.45, 2.75) is 46.6 Å². The SMILES string of the molecule is CC(=O)CCN1CC(C)CC(C)C1C. The Morgan fingerprint density at radius 1 is 1.36 bits per heavy atom. The summed E-state index contributed by atoms with van der Waals surface area (Å²) >= 11 is 0. The van der Waals surface area contributed by atoms with Crippen LogP contribution in [0.3, 0.4) is 0 Å². The van der Waals surface area contributed by atoms with E-state index in [0.717, 1.165) is 18.4 Å². The van der Waals surface area contributed by atoms with Gasteiger partial charge in [-0.25, -0.2) is 0 Å². The van der Waals surface area contributed by atoms with Crippen molar-refractivity contribution >= 4 is 5.78 Å². The lowest BCUT2D eigenvalue weighted by atomic mass is 9.86. The van der Waals surface area contributed by atoms with Crippen molar-refractivity contribution in [1.82, 2.24) is 4.90 Å². The molecule has 1 aliphatic rings. The first-order valence-corrected chi connectivity index (χ1v) is 5.74. The quantitative estimate of drug-likeness (QED) is 0.692. The minimum absolute atomic E-state index is 0.308. The number of carbonyl (C=O) groups is 1. The van der Waals surface area contributed by atoms with Crippen LogP contribution in [0.4, 0.5) is 0 Å². The highest BCUT2D eigenvalue weighted by Gasteiger charge is 2.28. The average molecular weight is 197 g/mol. The summed E-state index contributed by atoms with van der Waals surface area (Å²) in [5.41, 5.74) is 0. The smallest absolute Gasteiger partial charge is 0.131 e. The minimum Gasteiger partial charge on any atom is -0.300 e. The van der Waals surface area contributed by atoms with Crippen LogP contribution in [0.2, 0.25) is 0 Å². The first kappa shape index (κ1) is 11.7. The fraction of sp³-hybridized carbons (Fsp3) is 0.917.